The highest BCUT2D eigenvalue weighted by atomic mass is 16.7. The average Bonchev–Trinajstić information content (AvgIpc) is 3.07. The molecule has 0 aromatic heterocycles. The molecule has 1 heterocycles. The van der Waals surface area contributed by atoms with E-state index in [4.69, 9.17) is 14.2 Å². The van der Waals surface area contributed by atoms with E-state index >= 15 is 0 Å². The normalized spacial score (nSPS) is 12.0. The molecule has 5 nitrogen and oxygen atoms in total. The maximum absolute atomic E-state index is 12.1. The van der Waals surface area contributed by atoms with Crippen LogP contribution in [0.4, 0.5) is 0 Å². The summed E-state index contributed by atoms with van der Waals surface area (Å²) in [5.74, 6) is 2.34. The van der Waals surface area contributed by atoms with Crippen molar-refractivity contribution in [3.05, 3.63) is 53.6 Å². The van der Waals surface area contributed by atoms with Gasteiger partial charge in [-0.2, -0.15) is 0 Å². The highest BCUT2D eigenvalue weighted by Gasteiger charge is 2.13. The molecule has 24 heavy (non-hydrogen) atoms. The maximum Gasteiger partial charge on any atom is 0.231 e. The van der Waals surface area contributed by atoms with Crippen LogP contribution in [0.2, 0.25) is 0 Å². The van der Waals surface area contributed by atoms with Crippen molar-refractivity contribution in [3.8, 4) is 17.2 Å². The summed E-state index contributed by atoms with van der Waals surface area (Å²) in [5.41, 5.74) is 2.04. The van der Waals surface area contributed by atoms with Crippen molar-refractivity contribution >= 4 is 5.91 Å². The molecule has 0 bridgehead atoms. The molecular formula is C19H21NO4. The van der Waals surface area contributed by atoms with Gasteiger partial charge in [0.25, 0.3) is 0 Å². The molecule has 3 rings (SSSR count). The Kier molecular flexibility index (Phi) is 5.21. The maximum atomic E-state index is 12.1. The van der Waals surface area contributed by atoms with Crippen LogP contribution in [-0.2, 0) is 17.8 Å². The zero-order valence-electron chi connectivity index (χ0n) is 13.7. The molecule has 1 aliphatic rings. The SMILES string of the molecule is CCOc1ccccc1CNC(=O)CCc1ccc2c(c1)OCO2. The van der Waals surface area contributed by atoms with E-state index in [1.807, 2.05) is 49.4 Å². The standard InChI is InChI=1S/C19H21NO4/c1-2-22-16-6-4-3-5-15(16)12-20-19(21)10-8-14-7-9-17-18(11-14)24-13-23-17/h3-7,9,11H,2,8,10,12-13H2,1H3,(H,20,21). The molecule has 2 aromatic carbocycles. The van der Waals surface area contributed by atoms with Crippen molar-refractivity contribution in [1.82, 2.24) is 5.32 Å². The van der Waals surface area contributed by atoms with E-state index in [-0.39, 0.29) is 12.7 Å². The number of amides is 1. The quantitative estimate of drug-likeness (QED) is 0.849. The molecule has 0 radical (unpaired) electrons. The lowest BCUT2D eigenvalue weighted by molar-refractivity contribution is -0.121. The molecular weight excluding hydrogens is 306 g/mol. The van der Waals surface area contributed by atoms with Crippen molar-refractivity contribution in [2.24, 2.45) is 0 Å². The molecule has 0 aliphatic carbocycles. The molecule has 126 valence electrons. The highest BCUT2D eigenvalue weighted by molar-refractivity contribution is 5.76. The summed E-state index contributed by atoms with van der Waals surface area (Å²) in [6, 6.07) is 13.5. The zero-order valence-corrected chi connectivity index (χ0v) is 13.7. The number of nitrogens with one attached hydrogen (secondary N) is 1. The predicted molar refractivity (Wildman–Crippen MR) is 90.3 cm³/mol. The van der Waals surface area contributed by atoms with Crippen molar-refractivity contribution in [1.29, 1.82) is 0 Å². The second-order valence-electron chi connectivity index (χ2n) is 5.51. The fourth-order valence-corrected chi connectivity index (χ4v) is 2.58. The Morgan fingerprint density at radius 3 is 2.88 bits per heavy atom. The average molecular weight is 327 g/mol. The molecule has 1 amide bonds. The number of rotatable bonds is 7. The first kappa shape index (κ1) is 16.2. The van der Waals surface area contributed by atoms with Gasteiger partial charge in [0.05, 0.1) is 6.61 Å². The number of fused-ring (bicyclic) bond motifs is 1. The van der Waals surface area contributed by atoms with Gasteiger partial charge in [-0.05, 0) is 37.1 Å². The van der Waals surface area contributed by atoms with E-state index < -0.39 is 0 Å². The Bertz CT molecular complexity index is 714. The fourth-order valence-electron chi connectivity index (χ4n) is 2.58. The summed E-state index contributed by atoms with van der Waals surface area (Å²) in [4.78, 5) is 12.1. The van der Waals surface area contributed by atoms with Crippen molar-refractivity contribution in [2.75, 3.05) is 13.4 Å². The van der Waals surface area contributed by atoms with Crippen LogP contribution in [0.3, 0.4) is 0 Å². The monoisotopic (exact) mass is 327 g/mol. The van der Waals surface area contributed by atoms with E-state index in [1.54, 1.807) is 0 Å². The van der Waals surface area contributed by atoms with Gasteiger partial charge >= 0.3 is 0 Å². The van der Waals surface area contributed by atoms with Crippen LogP contribution in [0.15, 0.2) is 42.5 Å². The predicted octanol–water partition coefficient (Wildman–Crippen LogP) is 3.06. The number of hydrogen-bond donors (Lipinski definition) is 1. The number of hydrogen-bond acceptors (Lipinski definition) is 4. The van der Waals surface area contributed by atoms with Gasteiger partial charge in [0.2, 0.25) is 12.7 Å². The smallest absolute Gasteiger partial charge is 0.231 e. The number of carbonyl (C=O) groups is 1. The van der Waals surface area contributed by atoms with Crippen LogP contribution < -0.4 is 19.5 Å². The zero-order chi connectivity index (χ0) is 16.8. The second-order valence-corrected chi connectivity index (χ2v) is 5.51. The van der Waals surface area contributed by atoms with Crippen molar-refractivity contribution in [3.63, 3.8) is 0 Å². The van der Waals surface area contributed by atoms with Gasteiger partial charge in [0.15, 0.2) is 11.5 Å². The number of para-hydroxylation sites is 1. The Hall–Kier alpha value is -2.69. The first-order valence-electron chi connectivity index (χ1n) is 8.12. The van der Waals surface area contributed by atoms with Crippen LogP contribution in [0.1, 0.15) is 24.5 Å². The molecule has 0 spiro atoms. The first-order chi connectivity index (χ1) is 11.8. The topological polar surface area (TPSA) is 56.8 Å². The Labute approximate surface area is 141 Å². The second kappa shape index (κ2) is 7.73. The van der Waals surface area contributed by atoms with Gasteiger partial charge < -0.3 is 19.5 Å². The van der Waals surface area contributed by atoms with Gasteiger partial charge in [-0.25, -0.2) is 0 Å². The molecule has 0 atom stereocenters. The molecule has 2 aromatic rings. The molecule has 0 saturated heterocycles. The van der Waals surface area contributed by atoms with Crippen LogP contribution in [0.5, 0.6) is 17.2 Å². The van der Waals surface area contributed by atoms with Crippen LogP contribution in [0, 0.1) is 0 Å². The summed E-state index contributed by atoms with van der Waals surface area (Å²) in [5, 5.41) is 2.95. The largest absolute Gasteiger partial charge is 0.494 e. The molecule has 0 unspecified atom stereocenters. The van der Waals surface area contributed by atoms with E-state index in [2.05, 4.69) is 5.32 Å². The minimum Gasteiger partial charge on any atom is -0.494 e. The van der Waals surface area contributed by atoms with E-state index in [0.29, 0.717) is 26.0 Å². The highest BCUT2D eigenvalue weighted by Crippen LogP contribution is 2.32. The van der Waals surface area contributed by atoms with Crippen LogP contribution >= 0.6 is 0 Å². The minimum atomic E-state index is 0.0129. The third kappa shape index (κ3) is 3.98. The molecule has 5 heteroatoms. The minimum absolute atomic E-state index is 0.0129. The summed E-state index contributed by atoms with van der Waals surface area (Å²) in [7, 11) is 0. The summed E-state index contributed by atoms with van der Waals surface area (Å²) < 4.78 is 16.2. The number of carbonyl (C=O) groups excluding carboxylic acids is 1. The van der Waals surface area contributed by atoms with Crippen molar-refractivity contribution < 1.29 is 19.0 Å². The Morgan fingerprint density at radius 1 is 1.17 bits per heavy atom. The number of benzene rings is 2. The van der Waals surface area contributed by atoms with E-state index in [0.717, 1.165) is 28.4 Å². The fraction of sp³-hybridized carbons (Fsp3) is 0.316. The lowest BCUT2D eigenvalue weighted by Crippen LogP contribution is -2.23. The van der Waals surface area contributed by atoms with E-state index in [9.17, 15) is 4.79 Å². The number of ether oxygens (including phenoxy) is 3. The molecule has 1 N–H and O–H groups in total. The first-order valence-corrected chi connectivity index (χ1v) is 8.12. The third-order valence-corrected chi connectivity index (χ3v) is 3.83. The Morgan fingerprint density at radius 2 is 2.00 bits per heavy atom. The molecule has 1 aliphatic heterocycles. The van der Waals surface area contributed by atoms with Gasteiger partial charge in [0.1, 0.15) is 5.75 Å². The van der Waals surface area contributed by atoms with Gasteiger partial charge in [-0.3, -0.25) is 4.79 Å². The van der Waals surface area contributed by atoms with Crippen LogP contribution in [-0.4, -0.2) is 19.3 Å². The molecule has 0 saturated carbocycles. The third-order valence-electron chi connectivity index (χ3n) is 3.83. The summed E-state index contributed by atoms with van der Waals surface area (Å²) >= 11 is 0. The van der Waals surface area contributed by atoms with Gasteiger partial charge in [0, 0.05) is 18.5 Å². The lowest BCUT2D eigenvalue weighted by atomic mass is 10.1. The van der Waals surface area contributed by atoms with Gasteiger partial charge in [-0.1, -0.05) is 24.3 Å². The summed E-state index contributed by atoms with van der Waals surface area (Å²) in [6.07, 6.45) is 1.09. The summed E-state index contributed by atoms with van der Waals surface area (Å²) in [6.45, 7) is 3.28. The molecule has 0 fully saturated rings. The van der Waals surface area contributed by atoms with Crippen molar-refractivity contribution in [2.45, 2.75) is 26.3 Å². The number of aryl methyl sites for hydroxylation is 1. The van der Waals surface area contributed by atoms with Gasteiger partial charge in [-0.15, -0.1) is 0 Å². The Balaban J connectivity index is 1.49. The van der Waals surface area contributed by atoms with Crippen LogP contribution in [0.25, 0.3) is 0 Å². The van der Waals surface area contributed by atoms with E-state index in [1.165, 1.54) is 0 Å². The lowest BCUT2D eigenvalue weighted by Gasteiger charge is -2.11.